The Kier molecular flexibility index (Phi) is 3.71. The zero-order valence-electron chi connectivity index (χ0n) is 12.1. The maximum atomic E-state index is 12.5. The Morgan fingerprint density at radius 2 is 1.68 bits per heavy atom. The van der Waals surface area contributed by atoms with E-state index in [0.717, 1.165) is 5.56 Å². The first-order valence-electron chi connectivity index (χ1n) is 6.97. The Morgan fingerprint density at radius 1 is 1.00 bits per heavy atom. The molecule has 0 atom stereocenters. The van der Waals surface area contributed by atoms with E-state index in [1.807, 2.05) is 30.3 Å². The van der Waals surface area contributed by atoms with Crippen LogP contribution in [0.4, 0.5) is 0 Å². The van der Waals surface area contributed by atoms with Crippen LogP contribution in [0.3, 0.4) is 0 Å². The summed E-state index contributed by atoms with van der Waals surface area (Å²) in [5.74, 6) is -0.00716. The Balaban J connectivity index is 2.05. The smallest absolute Gasteiger partial charge is 0.204 e. The predicted octanol–water partition coefficient (Wildman–Crippen LogP) is 4.00. The summed E-state index contributed by atoms with van der Waals surface area (Å²) in [6.07, 6.45) is 3.10. The van der Waals surface area contributed by atoms with Gasteiger partial charge in [-0.15, -0.1) is 0 Å². The quantitative estimate of drug-likeness (QED) is 0.541. The molecular weight excluding hydrogens is 276 g/mol. The molecule has 0 amide bonds. The molecule has 3 nitrogen and oxygen atoms in total. The molecule has 0 unspecified atom stereocenters. The Morgan fingerprint density at radius 3 is 2.45 bits per heavy atom. The molecule has 0 fully saturated rings. The van der Waals surface area contributed by atoms with Crippen LogP contribution < -0.4 is 5.43 Å². The number of benzene rings is 2. The third-order valence-electron chi connectivity index (χ3n) is 3.45. The number of ketones is 1. The number of rotatable bonds is 3. The van der Waals surface area contributed by atoms with Crippen molar-refractivity contribution in [3.63, 3.8) is 0 Å². The average molecular weight is 290 g/mol. The number of carbonyl (C=O) groups is 1. The van der Waals surface area contributed by atoms with Crippen LogP contribution in [0.5, 0.6) is 0 Å². The third kappa shape index (κ3) is 2.61. The van der Waals surface area contributed by atoms with E-state index >= 15 is 0 Å². The molecule has 0 radical (unpaired) electrons. The van der Waals surface area contributed by atoms with Crippen LogP contribution in [-0.4, -0.2) is 5.78 Å². The SMILES string of the molecule is Cc1oc2ccccc2c(=O)c1C(=O)/C=C/c1ccccc1. The molecule has 0 spiro atoms. The van der Waals surface area contributed by atoms with Crippen LogP contribution in [0.25, 0.3) is 17.0 Å². The van der Waals surface area contributed by atoms with Crippen molar-refractivity contribution in [1.82, 2.24) is 0 Å². The first kappa shape index (κ1) is 14.0. The van der Waals surface area contributed by atoms with Gasteiger partial charge in [-0.05, 0) is 30.7 Å². The van der Waals surface area contributed by atoms with E-state index in [2.05, 4.69) is 0 Å². The fourth-order valence-corrected chi connectivity index (χ4v) is 2.36. The first-order valence-corrected chi connectivity index (χ1v) is 6.97. The van der Waals surface area contributed by atoms with Crippen molar-refractivity contribution >= 4 is 22.8 Å². The number of aryl methyl sites for hydroxylation is 1. The summed E-state index contributed by atoms with van der Waals surface area (Å²) in [6.45, 7) is 1.64. The van der Waals surface area contributed by atoms with Gasteiger partial charge in [-0.25, -0.2) is 0 Å². The molecule has 1 aromatic heterocycles. The minimum absolute atomic E-state index is 0.0888. The lowest BCUT2D eigenvalue weighted by Crippen LogP contribution is -2.15. The van der Waals surface area contributed by atoms with Crippen LogP contribution in [0.15, 0.2) is 69.9 Å². The van der Waals surface area contributed by atoms with Crippen molar-refractivity contribution in [2.24, 2.45) is 0 Å². The Labute approximate surface area is 127 Å². The number of carbonyl (C=O) groups excluding carboxylic acids is 1. The molecule has 3 aromatic rings. The highest BCUT2D eigenvalue weighted by atomic mass is 16.3. The third-order valence-corrected chi connectivity index (χ3v) is 3.45. The van der Waals surface area contributed by atoms with E-state index in [-0.39, 0.29) is 16.8 Å². The van der Waals surface area contributed by atoms with Crippen LogP contribution in [0.1, 0.15) is 21.7 Å². The molecule has 0 bridgehead atoms. The number of hydrogen-bond donors (Lipinski definition) is 0. The van der Waals surface area contributed by atoms with Gasteiger partial charge in [-0.1, -0.05) is 48.5 Å². The van der Waals surface area contributed by atoms with Crippen molar-refractivity contribution in [3.05, 3.63) is 87.8 Å². The van der Waals surface area contributed by atoms with E-state index in [1.54, 1.807) is 37.3 Å². The fourth-order valence-electron chi connectivity index (χ4n) is 2.36. The Hall–Kier alpha value is -2.94. The van der Waals surface area contributed by atoms with Crippen molar-refractivity contribution in [3.8, 4) is 0 Å². The number of hydrogen-bond acceptors (Lipinski definition) is 3. The standard InChI is InChI=1S/C19H14O3/c1-13-18(16(20)12-11-14-7-3-2-4-8-14)19(21)15-9-5-6-10-17(15)22-13/h2-12H,1H3/b12-11+. The molecule has 0 N–H and O–H groups in total. The van der Waals surface area contributed by atoms with Crippen molar-refractivity contribution in [2.75, 3.05) is 0 Å². The van der Waals surface area contributed by atoms with Crippen LogP contribution in [0.2, 0.25) is 0 Å². The van der Waals surface area contributed by atoms with Crippen LogP contribution >= 0.6 is 0 Å². The summed E-state index contributed by atoms with van der Waals surface area (Å²) in [4.78, 5) is 24.8. The van der Waals surface area contributed by atoms with Gasteiger partial charge in [-0.2, -0.15) is 0 Å². The minimum Gasteiger partial charge on any atom is -0.460 e. The van der Waals surface area contributed by atoms with Gasteiger partial charge in [0.25, 0.3) is 0 Å². The molecule has 0 aliphatic carbocycles. The second-order valence-corrected chi connectivity index (χ2v) is 4.97. The van der Waals surface area contributed by atoms with Gasteiger partial charge in [0.1, 0.15) is 16.9 Å². The van der Waals surface area contributed by atoms with Gasteiger partial charge < -0.3 is 4.42 Å². The zero-order valence-corrected chi connectivity index (χ0v) is 12.1. The second kappa shape index (κ2) is 5.82. The molecule has 0 saturated heterocycles. The minimum atomic E-state index is -0.346. The van der Waals surface area contributed by atoms with Gasteiger partial charge >= 0.3 is 0 Å². The van der Waals surface area contributed by atoms with Crippen LogP contribution in [0, 0.1) is 6.92 Å². The highest BCUT2D eigenvalue weighted by Crippen LogP contribution is 2.15. The lowest BCUT2D eigenvalue weighted by molar-refractivity contribution is 0.104. The second-order valence-electron chi connectivity index (χ2n) is 4.97. The molecule has 1 heterocycles. The van der Waals surface area contributed by atoms with Crippen LogP contribution in [-0.2, 0) is 0 Å². The van der Waals surface area contributed by atoms with Gasteiger partial charge in [0.2, 0.25) is 5.43 Å². The lowest BCUT2D eigenvalue weighted by atomic mass is 10.1. The summed E-state index contributed by atoms with van der Waals surface area (Å²) < 4.78 is 5.59. The molecule has 0 saturated carbocycles. The first-order chi connectivity index (χ1) is 10.7. The summed E-state index contributed by atoms with van der Waals surface area (Å²) in [6, 6.07) is 16.4. The lowest BCUT2D eigenvalue weighted by Gasteiger charge is -2.03. The average Bonchev–Trinajstić information content (AvgIpc) is 2.54. The predicted molar refractivity (Wildman–Crippen MR) is 87.0 cm³/mol. The molecule has 3 rings (SSSR count). The number of fused-ring (bicyclic) bond motifs is 1. The monoisotopic (exact) mass is 290 g/mol. The van der Waals surface area contributed by atoms with Gasteiger partial charge in [0, 0.05) is 0 Å². The topological polar surface area (TPSA) is 47.3 Å². The zero-order chi connectivity index (χ0) is 15.5. The summed E-state index contributed by atoms with van der Waals surface area (Å²) in [7, 11) is 0. The maximum absolute atomic E-state index is 12.5. The molecule has 0 aliphatic heterocycles. The van der Waals surface area contributed by atoms with E-state index in [0.29, 0.717) is 16.7 Å². The van der Waals surface area contributed by atoms with Gasteiger partial charge in [0.15, 0.2) is 5.78 Å². The Bertz CT molecular complexity index is 918. The van der Waals surface area contributed by atoms with Gasteiger partial charge in [0.05, 0.1) is 5.39 Å². The highest BCUT2D eigenvalue weighted by Gasteiger charge is 2.16. The number of allylic oxidation sites excluding steroid dienone is 1. The van der Waals surface area contributed by atoms with Crippen molar-refractivity contribution in [1.29, 1.82) is 0 Å². The summed E-state index contributed by atoms with van der Waals surface area (Å²) in [5.41, 5.74) is 1.19. The van der Waals surface area contributed by atoms with Crippen molar-refractivity contribution in [2.45, 2.75) is 6.92 Å². The van der Waals surface area contributed by atoms with E-state index in [9.17, 15) is 9.59 Å². The number of para-hydroxylation sites is 1. The molecule has 22 heavy (non-hydrogen) atoms. The summed E-state index contributed by atoms with van der Waals surface area (Å²) >= 11 is 0. The largest absolute Gasteiger partial charge is 0.460 e. The normalized spacial score (nSPS) is 11.1. The highest BCUT2D eigenvalue weighted by molar-refractivity contribution is 6.08. The fraction of sp³-hybridized carbons (Fsp3) is 0.0526. The summed E-state index contributed by atoms with van der Waals surface area (Å²) in [5, 5.41) is 0.421. The molecule has 108 valence electrons. The van der Waals surface area contributed by atoms with Crippen molar-refractivity contribution < 1.29 is 9.21 Å². The van der Waals surface area contributed by atoms with Gasteiger partial charge in [-0.3, -0.25) is 9.59 Å². The van der Waals surface area contributed by atoms with E-state index in [1.165, 1.54) is 6.08 Å². The molecule has 0 aliphatic rings. The molecule has 3 heteroatoms. The van der Waals surface area contributed by atoms with E-state index in [4.69, 9.17) is 4.42 Å². The van der Waals surface area contributed by atoms with E-state index < -0.39 is 0 Å². The maximum Gasteiger partial charge on any atom is 0.204 e. The molecule has 2 aromatic carbocycles. The molecular formula is C19H14O3.